The standard InChI is InChI=1S/C12H20O5/c1-7(2)15-12-8(3)16-11(14-5)6-10(12)17-9(4)13/h8,10-12H,1,6H2,2-5H3. The van der Waals surface area contributed by atoms with Gasteiger partial charge in [0.05, 0.1) is 11.9 Å². The summed E-state index contributed by atoms with van der Waals surface area (Å²) in [5.41, 5.74) is 0. The molecule has 1 saturated heterocycles. The first-order chi connectivity index (χ1) is 7.93. The van der Waals surface area contributed by atoms with Crippen molar-refractivity contribution in [1.29, 1.82) is 0 Å². The largest absolute Gasteiger partial charge is 0.489 e. The molecule has 5 nitrogen and oxygen atoms in total. The fourth-order valence-electron chi connectivity index (χ4n) is 1.88. The number of hydrogen-bond donors (Lipinski definition) is 0. The summed E-state index contributed by atoms with van der Waals surface area (Å²) in [6.45, 7) is 8.67. The maximum Gasteiger partial charge on any atom is 0.303 e. The maximum absolute atomic E-state index is 11.1. The number of esters is 1. The molecule has 1 aliphatic heterocycles. The maximum atomic E-state index is 11.1. The third kappa shape index (κ3) is 4.02. The Bertz CT molecular complexity index is 289. The molecule has 1 heterocycles. The lowest BCUT2D eigenvalue weighted by atomic mass is 10.0. The molecular weight excluding hydrogens is 224 g/mol. The van der Waals surface area contributed by atoms with Crippen LogP contribution >= 0.6 is 0 Å². The van der Waals surface area contributed by atoms with E-state index in [9.17, 15) is 4.79 Å². The van der Waals surface area contributed by atoms with Gasteiger partial charge in [-0.25, -0.2) is 0 Å². The summed E-state index contributed by atoms with van der Waals surface area (Å²) in [6.07, 6.45) is -0.868. The molecule has 0 spiro atoms. The lowest BCUT2D eigenvalue weighted by molar-refractivity contribution is -0.245. The van der Waals surface area contributed by atoms with Crippen molar-refractivity contribution in [2.45, 2.75) is 51.8 Å². The zero-order valence-electron chi connectivity index (χ0n) is 10.8. The number of ether oxygens (including phenoxy) is 4. The van der Waals surface area contributed by atoms with Gasteiger partial charge in [0.25, 0.3) is 0 Å². The summed E-state index contributed by atoms with van der Waals surface area (Å²) in [4.78, 5) is 11.1. The Morgan fingerprint density at radius 3 is 2.47 bits per heavy atom. The number of carbonyl (C=O) groups is 1. The van der Waals surface area contributed by atoms with Crippen LogP contribution in [-0.2, 0) is 23.7 Å². The summed E-state index contributed by atoms with van der Waals surface area (Å²) in [7, 11) is 1.56. The molecule has 1 aliphatic rings. The van der Waals surface area contributed by atoms with E-state index in [0.29, 0.717) is 12.2 Å². The second-order valence-electron chi connectivity index (χ2n) is 4.17. The van der Waals surface area contributed by atoms with Gasteiger partial charge in [-0.3, -0.25) is 4.79 Å². The molecule has 0 aromatic carbocycles. The highest BCUT2D eigenvalue weighted by Crippen LogP contribution is 2.26. The van der Waals surface area contributed by atoms with Crippen LogP contribution in [0.1, 0.15) is 27.2 Å². The molecule has 0 aromatic rings. The lowest BCUT2D eigenvalue weighted by Crippen LogP contribution is -2.50. The fraction of sp³-hybridized carbons (Fsp3) is 0.750. The van der Waals surface area contributed by atoms with Crippen molar-refractivity contribution in [2.75, 3.05) is 7.11 Å². The molecule has 4 atom stereocenters. The van der Waals surface area contributed by atoms with Gasteiger partial charge in [-0.2, -0.15) is 0 Å². The Labute approximate surface area is 102 Å². The number of rotatable bonds is 4. The Hall–Kier alpha value is -1.07. The number of hydrogen-bond acceptors (Lipinski definition) is 5. The van der Waals surface area contributed by atoms with Gasteiger partial charge in [0.1, 0.15) is 6.10 Å². The summed E-state index contributed by atoms with van der Waals surface area (Å²) < 4.78 is 21.5. The highest BCUT2D eigenvalue weighted by Gasteiger charge is 2.40. The first kappa shape index (κ1) is 14.0. The fourth-order valence-corrected chi connectivity index (χ4v) is 1.88. The zero-order chi connectivity index (χ0) is 13.0. The zero-order valence-corrected chi connectivity index (χ0v) is 10.8. The van der Waals surface area contributed by atoms with Gasteiger partial charge in [-0.1, -0.05) is 6.58 Å². The van der Waals surface area contributed by atoms with Crippen molar-refractivity contribution in [3.63, 3.8) is 0 Å². The van der Waals surface area contributed by atoms with Crippen LogP contribution in [0.3, 0.4) is 0 Å². The summed E-state index contributed by atoms with van der Waals surface area (Å²) in [5, 5.41) is 0. The van der Waals surface area contributed by atoms with E-state index in [0.717, 1.165) is 0 Å². The van der Waals surface area contributed by atoms with E-state index in [-0.39, 0.29) is 30.6 Å². The van der Waals surface area contributed by atoms with E-state index < -0.39 is 0 Å². The van der Waals surface area contributed by atoms with E-state index in [1.807, 2.05) is 6.92 Å². The van der Waals surface area contributed by atoms with E-state index in [4.69, 9.17) is 18.9 Å². The van der Waals surface area contributed by atoms with Crippen LogP contribution in [0.5, 0.6) is 0 Å². The highest BCUT2D eigenvalue weighted by atomic mass is 16.7. The van der Waals surface area contributed by atoms with Gasteiger partial charge in [-0.15, -0.1) is 0 Å². The minimum absolute atomic E-state index is 0.227. The molecule has 4 unspecified atom stereocenters. The predicted octanol–water partition coefficient (Wildman–Crippen LogP) is 1.62. The number of methoxy groups -OCH3 is 1. The van der Waals surface area contributed by atoms with E-state index >= 15 is 0 Å². The van der Waals surface area contributed by atoms with Crippen molar-refractivity contribution >= 4 is 5.97 Å². The van der Waals surface area contributed by atoms with Crippen molar-refractivity contribution in [3.8, 4) is 0 Å². The molecule has 0 saturated carbocycles. The van der Waals surface area contributed by atoms with Crippen LogP contribution in [0.15, 0.2) is 12.3 Å². The second-order valence-corrected chi connectivity index (χ2v) is 4.17. The average molecular weight is 244 g/mol. The summed E-state index contributed by atoms with van der Waals surface area (Å²) >= 11 is 0. The quantitative estimate of drug-likeness (QED) is 0.555. The van der Waals surface area contributed by atoms with E-state index in [2.05, 4.69) is 6.58 Å². The Kier molecular flexibility index (Phi) is 4.96. The lowest BCUT2D eigenvalue weighted by Gasteiger charge is -2.39. The molecule has 0 aliphatic carbocycles. The number of carbonyl (C=O) groups excluding carboxylic acids is 1. The van der Waals surface area contributed by atoms with Crippen LogP contribution in [0, 0.1) is 0 Å². The van der Waals surface area contributed by atoms with Crippen molar-refractivity contribution in [2.24, 2.45) is 0 Å². The van der Waals surface area contributed by atoms with Gasteiger partial charge in [-0.05, 0) is 13.8 Å². The van der Waals surface area contributed by atoms with E-state index in [1.54, 1.807) is 14.0 Å². The predicted molar refractivity (Wildman–Crippen MR) is 61.2 cm³/mol. The minimum atomic E-state index is -0.377. The minimum Gasteiger partial charge on any atom is -0.489 e. The van der Waals surface area contributed by atoms with Crippen LogP contribution in [0.4, 0.5) is 0 Å². The molecule has 98 valence electrons. The van der Waals surface area contributed by atoms with Crippen molar-refractivity contribution < 1.29 is 23.7 Å². The summed E-state index contributed by atoms with van der Waals surface area (Å²) in [6, 6.07) is 0. The van der Waals surface area contributed by atoms with Gasteiger partial charge in [0, 0.05) is 20.5 Å². The van der Waals surface area contributed by atoms with Crippen LogP contribution in [0.2, 0.25) is 0 Å². The Morgan fingerprint density at radius 1 is 1.35 bits per heavy atom. The molecular formula is C12H20O5. The summed E-state index contributed by atoms with van der Waals surface area (Å²) in [5.74, 6) is 0.229. The second kappa shape index (κ2) is 6.02. The third-order valence-electron chi connectivity index (χ3n) is 2.54. The molecule has 0 radical (unpaired) electrons. The Morgan fingerprint density at radius 2 is 2.00 bits per heavy atom. The molecule has 0 aromatic heterocycles. The molecule has 0 N–H and O–H groups in total. The van der Waals surface area contributed by atoms with Crippen molar-refractivity contribution in [3.05, 3.63) is 12.3 Å². The topological polar surface area (TPSA) is 54.0 Å². The first-order valence-electron chi connectivity index (χ1n) is 5.61. The molecule has 0 amide bonds. The van der Waals surface area contributed by atoms with Gasteiger partial charge in [0.15, 0.2) is 12.4 Å². The SMILES string of the molecule is C=C(C)OC1C(C)OC(OC)CC1OC(C)=O. The van der Waals surface area contributed by atoms with Gasteiger partial charge < -0.3 is 18.9 Å². The normalized spacial score (nSPS) is 32.9. The van der Waals surface area contributed by atoms with Crippen LogP contribution < -0.4 is 0 Å². The molecule has 1 rings (SSSR count). The highest BCUT2D eigenvalue weighted by molar-refractivity contribution is 5.66. The molecule has 5 heteroatoms. The average Bonchev–Trinajstić information content (AvgIpc) is 2.21. The third-order valence-corrected chi connectivity index (χ3v) is 2.54. The van der Waals surface area contributed by atoms with E-state index in [1.165, 1.54) is 6.92 Å². The van der Waals surface area contributed by atoms with Gasteiger partial charge >= 0.3 is 5.97 Å². The number of allylic oxidation sites excluding steroid dienone is 1. The van der Waals surface area contributed by atoms with Crippen LogP contribution in [-0.4, -0.2) is 37.7 Å². The molecule has 0 bridgehead atoms. The monoisotopic (exact) mass is 244 g/mol. The molecule has 17 heavy (non-hydrogen) atoms. The van der Waals surface area contributed by atoms with Crippen LogP contribution in [0.25, 0.3) is 0 Å². The first-order valence-corrected chi connectivity index (χ1v) is 5.61. The van der Waals surface area contributed by atoms with Crippen molar-refractivity contribution in [1.82, 2.24) is 0 Å². The molecule has 1 fully saturated rings. The Balaban J connectivity index is 2.74. The smallest absolute Gasteiger partial charge is 0.303 e. The van der Waals surface area contributed by atoms with Gasteiger partial charge in [0.2, 0.25) is 0 Å².